The van der Waals surface area contributed by atoms with Gasteiger partial charge in [0.2, 0.25) is 5.75 Å². The number of nitro groups is 2. The van der Waals surface area contributed by atoms with Crippen LogP contribution in [0.3, 0.4) is 0 Å². The summed E-state index contributed by atoms with van der Waals surface area (Å²) in [5.74, 6) is -0.579. The molecule has 186 valence electrons. The van der Waals surface area contributed by atoms with Gasteiger partial charge in [0.25, 0.3) is 11.6 Å². The van der Waals surface area contributed by atoms with Crippen LogP contribution in [-0.4, -0.2) is 22.9 Å². The van der Waals surface area contributed by atoms with Gasteiger partial charge in [-0.1, -0.05) is 24.3 Å². The molecule has 0 saturated heterocycles. The summed E-state index contributed by atoms with van der Waals surface area (Å²) >= 11 is 0. The molecule has 0 spiro atoms. The average Bonchev–Trinajstić information content (AvgIpc) is 2.88. The molecular weight excluding hydrogens is 480 g/mol. The SMILES string of the molecule is C=CCc1cc(/C=C(\C#N)C(=O)Nc2ccccc2)cc(OC)c1Oc1ccc([N+](=O)[O-])cc1[N+](=O)[O-]. The number of anilines is 1. The molecule has 0 aliphatic rings. The molecule has 11 heteroatoms. The number of ether oxygens (including phenoxy) is 2. The van der Waals surface area contributed by atoms with Gasteiger partial charge in [0.15, 0.2) is 11.5 Å². The van der Waals surface area contributed by atoms with Gasteiger partial charge in [0, 0.05) is 17.3 Å². The highest BCUT2D eigenvalue weighted by Gasteiger charge is 2.24. The molecule has 0 aliphatic heterocycles. The number of amides is 1. The maximum Gasteiger partial charge on any atom is 0.318 e. The number of nitrogens with one attached hydrogen (secondary N) is 1. The zero-order chi connectivity index (χ0) is 26.9. The normalized spacial score (nSPS) is 10.6. The molecule has 3 aromatic rings. The van der Waals surface area contributed by atoms with Gasteiger partial charge in [0.05, 0.1) is 23.0 Å². The first-order valence-corrected chi connectivity index (χ1v) is 10.7. The predicted molar refractivity (Wildman–Crippen MR) is 135 cm³/mol. The number of non-ortho nitro benzene ring substituents is 1. The van der Waals surface area contributed by atoms with E-state index < -0.39 is 27.1 Å². The third-order valence-corrected chi connectivity index (χ3v) is 5.01. The van der Waals surface area contributed by atoms with Crippen molar-refractivity contribution in [2.45, 2.75) is 6.42 Å². The monoisotopic (exact) mass is 500 g/mol. The molecule has 0 aromatic heterocycles. The van der Waals surface area contributed by atoms with Crippen molar-refractivity contribution in [3.63, 3.8) is 0 Å². The standard InChI is InChI=1S/C26H20N4O7/c1-3-7-18-12-17(13-19(16-27)26(31)28-20-8-5-4-6-9-20)14-24(36-2)25(18)37-23-11-10-21(29(32)33)15-22(23)30(34)35/h3-6,8-15H,1,7H2,2H3,(H,28,31)/b19-13+. The number of allylic oxidation sites excluding steroid dienone is 1. The summed E-state index contributed by atoms with van der Waals surface area (Å²) in [4.78, 5) is 33.7. The molecule has 0 unspecified atom stereocenters. The van der Waals surface area contributed by atoms with Gasteiger partial charge < -0.3 is 14.8 Å². The second kappa shape index (κ2) is 11.8. The Morgan fingerprint density at radius 1 is 1.08 bits per heavy atom. The van der Waals surface area contributed by atoms with Crippen LogP contribution in [0.25, 0.3) is 6.08 Å². The third kappa shape index (κ3) is 6.34. The Morgan fingerprint density at radius 3 is 2.41 bits per heavy atom. The maximum absolute atomic E-state index is 12.6. The number of methoxy groups -OCH3 is 1. The number of hydrogen-bond donors (Lipinski definition) is 1. The minimum absolute atomic E-state index is 0.115. The van der Waals surface area contributed by atoms with Gasteiger partial charge in [-0.25, -0.2) is 0 Å². The minimum atomic E-state index is -0.788. The van der Waals surface area contributed by atoms with Crippen LogP contribution < -0.4 is 14.8 Å². The van der Waals surface area contributed by atoms with Gasteiger partial charge in [0.1, 0.15) is 11.6 Å². The molecule has 0 aliphatic carbocycles. The lowest BCUT2D eigenvalue weighted by atomic mass is 10.0. The average molecular weight is 500 g/mol. The van der Waals surface area contributed by atoms with Crippen molar-refractivity contribution in [3.8, 4) is 23.3 Å². The molecule has 0 radical (unpaired) electrons. The number of nitro benzene ring substituents is 2. The Kier molecular flexibility index (Phi) is 8.30. The number of hydrogen-bond acceptors (Lipinski definition) is 8. The van der Waals surface area contributed by atoms with Crippen molar-refractivity contribution >= 4 is 29.0 Å². The van der Waals surface area contributed by atoms with Gasteiger partial charge in [-0.15, -0.1) is 6.58 Å². The van der Waals surface area contributed by atoms with E-state index in [1.165, 1.54) is 19.3 Å². The third-order valence-electron chi connectivity index (χ3n) is 5.01. The molecular formula is C26H20N4O7. The number of benzene rings is 3. The van der Waals surface area contributed by atoms with E-state index in [0.717, 1.165) is 18.2 Å². The quantitative estimate of drug-likeness (QED) is 0.124. The molecule has 0 heterocycles. The first-order chi connectivity index (χ1) is 17.8. The van der Waals surface area contributed by atoms with Crippen LogP contribution in [0.1, 0.15) is 11.1 Å². The first-order valence-electron chi connectivity index (χ1n) is 10.7. The summed E-state index contributed by atoms with van der Waals surface area (Å²) < 4.78 is 11.3. The molecule has 1 N–H and O–H groups in total. The van der Waals surface area contributed by atoms with E-state index in [0.29, 0.717) is 16.8 Å². The van der Waals surface area contributed by atoms with Crippen LogP contribution in [-0.2, 0) is 11.2 Å². The van der Waals surface area contributed by atoms with Crippen molar-refractivity contribution < 1.29 is 24.1 Å². The zero-order valence-electron chi connectivity index (χ0n) is 19.5. The molecule has 0 saturated carbocycles. The smallest absolute Gasteiger partial charge is 0.318 e. The Bertz CT molecular complexity index is 1440. The second-order valence-corrected chi connectivity index (χ2v) is 7.46. The van der Waals surface area contributed by atoms with Crippen molar-refractivity contribution in [1.82, 2.24) is 0 Å². The van der Waals surface area contributed by atoms with Crippen LogP contribution in [0.2, 0.25) is 0 Å². The summed E-state index contributed by atoms with van der Waals surface area (Å²) in [6.45, 7) is 3.71. The fourth-order valence-electron chi connectivity index (χ4n) is 3.33. The summed E-state index contributed by atoms with van der Waals surface area (Å²) in [6.07, 6.45) is 3.17. The van der Waals surface area contributed by atoms with Crippen molar-refractivity contribution in [2.75, 3.05) is 12.4 Å². The molecule has 3 rings (SSSR count). The lowest BCUT2D eigenvalue weighted by Gasteiger charge is -2.16. The van der Waals surface area contributed by atoms with Crippen LogP contribution in [0.4, 0.5) is 17.1 Å². The molecule has 1 amide bonds. The Balaban J connectivity index is 2.04. The number of rotatable bonds is 10. The van der Waals surface area contributed by atoms with Gasteiger partial charge in [-0.2, -0.15) is 5.26 Å². The Morgan fingerprint density at radius 2 is 1.81 bits per heavy atom. The lowest BCUT2D eigenvalue weighted by molar-refractivity contribution is -0.394. The molecule has 11 nitrogen and oxygen atoms in total. The van der Waals surface area contributed by atoms with E-state index in [1.807, 2.05) is 6.07 Å². The number of carbonyl (C=O) groups is 1. The minimum Gasteiger partial charge on any atom is -0.493 e. The number of carbonyl (C=O) groups excluding carboxylic acids is 1. The second-order valence-electron chi connectivity index (χ2n) is 7.46. The molecule has 0 bridgehead atoms. The van der Waals surface area contributed by atoms with E-state index in [9.17, 15) is 30.3 Å². The van der Waals surface area contributed by atoms with E-state index in [-0.39, 0.29) is 29.2 Å². The van der Waals surface area contributed by atoms with E-state index in [1.54, 1.807) is 42.5 Å². The van der Waals surface area contributed by atoms with E-state index in [2.05, 4.69) is 11.9 Å². The zero-order valence-corrected chi connectivity index (χ0v) is 19.5. The highest BCUT2D eigenvalue weighted by Crippen LogP contribution is 2.41. The number of nitrogens with zero attached hydrogens (tertiary/aromatic N) is 3. The maximum atomic E-state index is 12.6. The number of nitriles is 1. The fourth-order valence-corrected chi connectivity index (χ4v) is 3.33. The Labute approximate surface area is 211 Å². The topological polar surface area (TPSA) is 158 Å². The predicted octanol–water partition coefficient (Wildman–Crippen LogP) is 5.58. The lowest BCUT2D eigenvalue weighted by Crippen LogP contribution is -2.13. The summed E-state index contributed by atoms with van der Waals surface area (Å²) in [5.41, 5.74) is 0.194. The van der Waals surface area contributed by atoms with Crippen LogP contribution in [0.5, 0.6) is 17.2 Å². The highest BCUT2D eigenvalue weighted by molar-refractivity contribution is 6.09. The molecule has 0 fully saturated rings. The van der Waals surface area contributed by atoms with Crippen LogP contribution in [0.15, 0.2) is 78.9 Å². The molecule has 37 heavy (non-hydrogen) atoms. The molecule has 3 aromatic carbocycles. The van der Waals surface area contributed by atoms with Gasteiger partial charge in [-0.05, 0) is 48.4 Å². The first kappa shape index (κ1) is 26.1. The largest absolute Gasteiger partial charge is 0.493 e. The van der Waals surface area contributed by atoms with Gasteiger partial charge in [-0.3, -0.25) is 25.0 Å². The highest BCUT2D eigenvalue weighted by atomic mass is 16.6. The summed E-state index contributed by atoms with van der Waals surface area (Å²) in [6, 6.07) is 16.6. The van der Waals surface area contributed by atoms with Gasteiger partial charge >= 0.3 is 5.69 Å². The summed E-state index contributed by atoms with van der Waals surface area (Å²) in [5, 5.41) is 34.8. The van der Waals surface area contributed by atoms with Crippen molar-refractivity contribution in [3.05, 3.63) is 110 Å². The Hall–Kier alpha value is -5.50. The van der Waals surface area contributed by atoms with E-state index in [4.69, 9.17) is 9.47 Å². The van der Waals surface area contributed by atoms with Crippen LogP contribution >= 0.6 is 0 Å². The fraction of sp³-hybridized carbons (Fsp3) is 0.0769. The molecule has 0 atom stereocenters. The number of para-hydroxylation sites is 1. The van der Waals surface area contributed by atoms with E-state index >= 15 is 0 Å². The summed E-state index contributed by atoms with van der Waals surface area (Å²) in [7, 11) is 1.35. The van der Waals surface area contributed by atoms with Crippen molar-refractivity contribution in [2.24, 2.45) is 0 Å². The van der Waals surface area contributed by atoms with Crippen LogP contribution in [0, 0.1) is 31.6 Å². The van der Waals surface area contributed by atoms with Crippen molar-refractivity contribution in [1.29, 1.82) is 5.26 Å².